The van der Waals surface area contributed by atoms with Gasteiger partial charge in [-0.15, -0.1) is 0 Å². The zero-order valence-corrected chi connectivity index (χ0v) is 12.3. The van der Waals surface area contributed by atoms with Gasteiger partial charge in [-0.3, -0.25) is 0 Å². The molecule has 1 saturated carbocycles. The second-order valence-electron chi connectivity index (χ2n) is 4.65. The van der Waals surface area contributed by atoms with E-state index in [1.807, 2.05) is 4.72 Å². The second-order valence-corrected chi connectivity index (χ2v) is 6.27. The number of nitrogens with zero attached hydrogens (tertiary/aromatic N) is 1. The highest BCUT2D eigenvalue weighted by molar-refractivity contribution is 7.87. The summed E-state index contributed by atoms with van der Waals surface area (Å²) in [5, 5.41) is 0. The fourth-order valence-electron chi connectivity index (χ4n) is 2.63. The predicted octanol–water partition coefficient (Wildman–Crippen LogP) is 0.427. The Labute approximate surface area is 114 Å². The van der Waals surface area contributed by atoms with E-state index in [0.717, 1.165) is 32.8 Å². The van der Waals surface area contributed by atoms with E-state index in [1.165, 1.54) is 4.31 Å². The number of nitrogens with one attached hydrogen (secondary N) is 1. The lowest BCUT2D eigenvalue weighted by molar-refractivity contribution is 0.170. The molecular formula is C11H23N3O4S. The van der Waals surface area contributed by atoms with Crippen molar-refractivity contribution in [3.63, 3.8) is 0 Å². The smallest absolute Gasteiger partial charge is 0.421 e. The lowest BCUT2D eigenvalue weighted by Gasteiger charge is -2.37. The molecule has 3 N–H and O–H groups in total. The number of ether oxygens (including phenoxy) is 1. The summed E-state index contributed by atoms with van der Waals surface area (Å²) in [5.41, 5.74) is 5.72. The molecule has 112 valence electrons. The van der Waals surface area contributed by atoms with Gasteiger partial charge in [-0.1, -0.05) is 19.8 Å². The highest BCUT2D eigenvalue weighted by Crippen LogP contribution is 2.29. The van der Waals surface area contributed by atoms with E-state index in [0.29, 0.717) is 13.1 Å². The van der Waals surface area contributed by atoms with Crippen LogP contribution in [0.25, 0.3) is 0 Å². The Bertz CT molecular complexity index is 399. The largest absolute Gasteiger partial charge is 0.452 e. The van der Waals surface area contributed by atoms with Crippen LogP contribution in [0.15, 0.2) is 0 Å². The molecule has 0 radical (unpaired) electrons. The van der Waals surface area contributed by atoms with E-state index >= 15 is 0 Å². The van der Waals surface area contributed by atoms with Crippen LogP contribution in [0.2, 0.25) is 0 Å². The van der Waals surface area contributed by atoms with Gasteiger partial charge < -0.3 is 10.5 Å². The molecular weight excluding hydrogens is 270 g/mol. The Morgan fingerprint density at radius 3 is 2.58 bits per heavy atom. The fraction of sp³-hybridized carbons (Fsp3) is 0.909. The Balaban J connectivity index is 2.88. The first-order valence-electron chi connectivity index (χ1n) is 6.53. The van der Waals surface area contributed by atoms with E-state index in [2.05, 4.69) is 4.74 Å². The number of methoxy groups -OCH3 is 1. The third kappa shape index (κ3) is 4.05. The Kier molecular flexibility index (Phi) is 6.02. The van der Waals surface area contributed by atoms with Crippen molar-refractivity contribution in [1.82, 2.24) is 9.03 Å². The van der Waals surface area contributed by atoms with Gasteiger partial charge in [0.15, 0.2) is 0 Å². The minimum atomic E-state index is -3.87. The summed E-state index contributed by atoms with van der Waals surface area (Å²) in [4.78, 5) is 11.1. The maximum atomic E-state index is 12.2. The summed E-state index contributed by atoms with van der Waals surface area (Å²) in [7, 11) is -2.74. The maximum absolute atomic E-state index is 12.2. The van der Waals surface area contributed by atoms with Gasteiger partial charge in [0.05, 0.1) is 7.11 Å². The summed E-state index contributed by atoms with van der Waals surface area (Å²) >= 11 is 0. The normalized spacial score (nSPS) is 24.2. The van der Waals surface area contributed by atoms with Crippen LogP contribution in [0.4, 0.5) is 4.79 Å². The van der Waals surface area contributed by atoms with Crippen LogP contribution >= 0.6 is 0 Å². The van der Waals surface area contributed by atoms with Crippen LogP contribution in [0, 0.1) is 5.92 Å². The SMILES string of the molecule is CCN(C1CCCCC1CN)S(=O)(=O)NC(=O)OC. The lowest BCUT2D eigenvalue weighted by Crippen LogP contribution is -2.52. The van der Waals surface area contributed by atoms with Gasteiger partial charge in [-0.25, -0.2) is 9.52 Å². The highest BCUT2D eigenvalue weighted by atomic mass is 32.2. The molecule has 1 aliphatic carbocycles. The van der Waals surface area contributed by atoms with E-state index in [-0.39, 0.29) is 12.0 Å². The van der Waals surface area contributed by atoms with Crippen LogP contribution in [-0.2, 0) is 14.9 Å². The maximum Gasteiger partial charge on any atom is 0.421 e. The summed E-state index contributed by atoms with van der Waals surface area (Å²) < 4.78 is 31.9. The summed E-state index contributed by atoms with van der Waals surface area (Å²) in [5.74, 6) is 0.142. The number of carbonyl (C=O) groups is 1. The van der Waals surface area contributed by atoms with Gasteiger partial charge in [-0.05, 0) is 25.3 Å². The van der Waals surface area contributed by atoms with E-state index in [4.69, 9.17) is 5.73 Å². The zero-order valence-electron chi connectivity index (χ0n) is 11.5. The predicted molar refractivity (Wildman–Crippen MR) is 71.6 cm³/mol. The molecule has 1 amide bonds. The molecule has 19 heavy (non-hydrogen) atoms. The molecule has 0 spiro atoms. The topological polar surface area (TPSA) is 102 Å². The first-order valence-corrected chi connectivity index (χ1v) is 7.97. The van der Waals surface area contributed by atoms with Gasteiger partial charge in [0.1, 0.15) is 0 Å². The molecule has 1 aliphatic rings. The van der Waals surface area contributed by atoms with Crippen molar-refractivity contribution in [2.24, 2.45) is 11.7 Å². The quantitative estimate of drug-likeness (QED) is 0.765. The molecule has 0 aliphatic heterocycles. The van der Waals surface area contributed by atoms with Crippen molar-refractivity contribution in [3.8, 4) is 0 Å². The van der Waals surface area contributed by atoms with Crippen molar-refractivity contribution in [2.75, 3.05) is 20.2 Å². The van der Waals surface area contributed by atoms with Crippen molar-refractivity contribution < 1.29 is 17.9 Å². The van der Waals surface area contributed by atoms with Crippen molar-refractivity contribution in [1.29, 1.82) is 0 Å². The number of hydrogen-bond acceptors (Lipinski definition) is 5. The average molecular weight is 293 g/mol. The molecule has 0 bridgehead atoms. The summed E-state index contributed by atoms with van der Waals surface area (Å²) in [6, 6.07) is -0.147. The number of amides is 1. The fourth-order valence-corrected chi connectivity index (χ4v) is 4.02. The molecule has 0 aromatic heterocycles. The second kappa shape index (κ2) is 7.06. The summed E-state index contributed by atoms with van der Waals surface area (Å²) in [6.07, 6.45) is 2.77. The van der Waals surface area contributed by atoms with Crippen LogP contribution in [0.5, 0.6) is 0 Å². The molecule has 0 saturated heterocycles. The van der Waals surface area contributed by atoms with Crippen LogP contribution < -0.4 is 10.5 Å². The molecule has 7 nitrogen and oxygen atoms in total. The van der Waals surface area contributed by atoms with Crippen molar-refractivity contribution >= 4 is 16.3 Å². The van der Waals surface area contributed by atoms with Crippen molar-refractivity contribution in [2.45, 2.75) is 38.6 Å². The highest BCUT2D eigenvalue weighted by Gasteiger charge is 2.36. The molecule has 8 heteroatoms. The summed E-state index contributed by atoms with van der Waals surface area (Å²) in [6.45, 7) is 2.50. The van der Waals surface area contributed by atoms with Gasteiger partial charge in [0, 0.05) is 12.6 Å². The van der Waals surface area contributed by atoms with Crippen LogP contribution in [0.1, 0.15) is 32.6 Å². The monoisotopic (exact) mass is 293 g/mol. The molecule has 0 heterocycles. The number of rotatable bonds is 5. The van der Waals surface area contributed by atoms with Crippen LogP contribution in [0.3, 0.4) is 0 Å². The van der Waals surface area contributed by atoms with Crippen molar-refractivity contribution in [3.05, 3.63) is 0 Å². The molecule has 0 aromatic rings. The van der Waals surface area contributed by atoms with E-state index in [9.17, 15) is 13.2 Å². The molecule has 1 fully saturated rings. The number of carbonyl (C=O) groups excluding carboxylic acids is 1. The third-order valence-corrected chi connectivity index (χ3v) is 5.13. The minimum Gasteiger partial charge on any atom is -0.452 e. The molecule has 2 atom stereocenters. The number of hydrogen-bond donors (Lipinski definition) is 2. The minimum absolute atomic E-state index is 0.142. The number of nitrogens with two attached hydrogens (primary N) is 1. The average Bonchev–Trinajstić information content (AvgIpc) is 2.39. The zero-order chi connectivity index (χ0) is 14.5. The molecule has 1 rings (SSSR count). The standard InChI is InChI=1S/C11H23N3O4S/c1-3-14(19(16,17)13-11(15)18-2)10-7-5-4-6-9(10)8-12/h9-10H,3-8,12H2,1-2H3,(H,13,15). The Morgan fingerprint density at radius 2 is 2.05 bits per heavy atom. The van der Waals surface area contributed by atoms with Gasteiger partial charge >= 0.3 is 16.3 Å². The van der Waals surface area contributed by atoms with Gasteiger partial charge in [-0.2, -0.15) is 12.7 Å². The van der Waals surface area contributed by atoms with Gasteiger partial charge in [0.2, 0.25) is 0 Å². The first kappa shape index (κ1) is 16.2. The molecule has 2 unspecified atom stereocenters. The van der Waals surface area contributed by atoms with Gasteiger partial charge in [0.25, 0.3) is 0 Å². The third-order valence-electron chi connectivity index (χ3n) is 3.56. The molecule has 0 aromatic carbocycles. The van der Waals surface area contributed by atoms with E-state index in [1.54, 1.807) is 6.92 Å². The first-order chi connectivity index (χ1) is 8.96. The van der Waals surface area contributed by atoms with E-state index < -0.39 is 16.3 Å². The Hall–Kier alpha value is -0.860. The van der Waals surface area contributed by atoms with Crippen LogP contribution in [-0.4, -0.2) is 45.1 Å². The Morgan fingerprint density at radius 1 is 1.42 bits per heavy atom. The lowest BCUT2D eigenvalue weighted by atomic mass is 9.84.